The van der Waals surface area contributed by atoms with Gasteiger partial charge in [-0.05, 0) is 49.3 Å². The zero-order valence-electron chi connectivity index (χ0n) is 12.4. The summed E-state index contributed by atoms with van der Waals surface area (Å²) >= 11 is 9.69. The van der Waals surface area contributed by atoms with E-state index in [4.69, 9.17) is 11.6 Å². The summed E-state index contributed by atoms with van der Waals surface area (Å²) in [7, 11) is 0. The van der Waals surface area contributed by atoms with Crippen molar-refractivity contribution in [3.63, 3.8) is 0 Å². The Morgan fingerprint density at radius 1 is 1.19 bits per heavy atom. The van der Waals surface area contributed by atoms with Gasteiger partial charge in [-0.25, -0.2) is 0 Å². The number of rotatable bonds is 5. The van der Waals surface area contributed by atoms with E-state index in [-0.39, 0.29) is 0 Å². The first-order chi connectivity index (χ1) is 10.2. The molecule has 2 fully saturated rings. The fourth-order valence-electron chi connectivity index (χ4n) is 3.15. The van der Waals surface area contributed by atoms with E-state index in [0.717, 1.165) is 28.0 Å². The molecule has 2 aliphatic carbocycles. The van der Waals surface area contributed by atoms with E-state index < -0.39 is 0 Å². The summed E-state index contributed by atoms with van der Waals surface area (Å²) < 4.78 is 1.09. The molecule has 1 aromatic rings. The molecule has 3 rings (SSSR count). The van der Waals surface area contributed by atoms with Gasteiger partial charge in [-0.3, -0.25) is 0 Å². The molecular formula is C18H23BrClN. The first kappa shape index (κ1) is 15.6. The molecule has 21 heavy (non-hydrogen) atoms. The Kier molecular flexibility index (Phi) is 5.42. The van der Waals surface area contributed by atoms with Gasteiger partial charge < -0.3 is 5.32 Å². The zero-order chi connectivity index (χ0) is 14.7. The van der Waals surface area contributed by atoms with Gasteiger partial charge in [0.2, 0.25) is 0 Å². The van der Waals surface area contributed by atoms with Gasteiger partial charge in [-0.15, -0.1) is 0 Å². The SMILES string of the molecule is Clc1ccc(/C=C(/CNC2CC2)C2CCCCC2)c(Br)c1. The molecule has 3 heteroatoms. The van der Waals surface area contributed by atoms with E-state index in [1.165, 1.54) is 50.5 Å². The molecule has 0 spiro atoms. The Morgan fingerprint density at radius 3 is 2.62 bits per heavy atom. The van der Waals surface area contributed by atoms with Crippen molar-refractivity contribution in [2.24, 2.45) is 5.92 Å². The number of halogens is 2. The Morgan fingerprint density at radius 2 is 1.95 bits per heavy atom. The highest BCUT2D eigenvalue weighted by Gasteiger charge is 2.23. The van der Waals surface area contributed by atoms with Crippen molar-refractivity contribution in [1.82, 2.24) is 5.32 Å². The number of nitrogens with one attached hydrogen (secondary N) is 1. The minimum Gasteiger partial charge on any atom is -0.310 e. The van der Waals surface area contributed by atoms with Crippen molar-refractivity contribution in [2.75, 3.05) is 6.54 Å². The van der Waals surface area contributed by atoms with Crippen LogP contribution >= 0.6 is 27.5 Å². The van der Waals surface area contributed by atoms with Crippen LogP contribution in [0.3, 0.4) is 0 Å². The molecule has 0 heterocycles. The fourth-order valence-corrected chi connectivity index (χ4v) is 3.95. The monoisotopic (exact) mass is 367 g/mol. The summed E-state index contributed by atoms with van der Waals surface area (Å²) in [5, 5.41) is 4.48. The Hall–Kier alpha value is -0.310. The molecule has 1 N–H and O–H groups in total. The van der Waals surface area contributed by atoms with Gasteiger partial charge in [0.05, 0.1) is 0 Å². The van der Waals surface area contributed by atoms with Crippen LogP contribution in [0, 0.1) is 5.92 Å². The van der Waals surface area contributed by atoms with Crippen LogP contribution in [0.1, 0.15) is 50.5 Å². The Labute approximate surface area is 141 Å². The molecule has 0 atom stereocenters. The minimum atomic E-state index is 0.757. The van der Waals surface area contributed by atoms with E-state index in [9.17, 15) is 0 Å². The van der Waals surface area contributed by atoms with Crippen LogP contribution in [0.4, 0.5) is 0 Å². The molecular weight excluding hydrogens is 346 g/mol. The molecule has 0 radical (unpaired) electrons. The average molecular weight is 369 g/mol. The summed E-state index contributed by atoms with van der Waals surface area (Å²) in [6.07, 6.45) is 12.0. The highest BCUT2D eigenvalue weighted by molar-refractivity contribution is 9.10. The topological polar surface area (TPSA) is 12.0 Å². The van der Waals surface area contributed by atoms with Crippen molar-refractivity contribution in [1.29, 1.82) is 0 Å². The van der Waals surface area contributed by atoms with Crippen LogP contribution in [0.15, 0.2) is 28.2 Å². The van der Waals surface area contributed by atoms with Crippen LogP contribution in [0.5, 0.6) is 0 Å². The zero-order valence-corrected chi connectivity index (χ0v) is 14.7. The molecule has 0 saturated heterocycles. The van der Waals surface area contributed by atoms with E-state index in [1.807, 2.05) is 12.1 Å². The van der Waals surface area contributed by atoms with Gasteiger partial charge in [0.25, 0.3) is 0 Å². The highest BCUT2D eigenvalue weighted by Crippen LogP contribution is 2.33. The third-order valence-corrected chi connectivity index (χ3v) is 5.53. The van der Waals surface area contributed by atoms with E-state index >= 15 is 0 Å². The second-order valence-corrected chi connectivity index (χ2v) is 7.67. The van der Waals surface area contributed by atoms with Crippen LogP contribution in [-0.4, -0.2) is 12.6 Å². The van der Waals surface area contributed by atoms with E-state index in [2.05, 4.69) is 33.4 Å². The van der Waals surface area contributed by atoms with Gasteiger partial charge in [0, 0.05) is 22.1 Å². The molecule has 0 amide bonds. The lowest BCUT2D eigenvalue weighted by Crippen LogP contribution is -2.24. The van der Waals surface area contributed by atoms with Crippen molar-refractivity contribution >= 4 is 33.6 Å². The molecule has 114 valence electrons. The van der Waals surface area contributed by atoms with Crippen molar-refractivity contribution in [2.45, 2.75) is 51.0 Å². The third-order valence-electron chi connectivity index (χ3n) is 4.61. The molecule has 0 bridgehead atoms. The maximum atomic E-state index is 6.05. The lowest BCUT2D eigenvalue weighted by Gasteiger charge is -2.25. The molecule has 1 aromatic carbocycles. The number of hydrogen-bond acceptors (Lipinski definition) is 1. The lowest BCUT2D eigenvalue weighted by molar-refractivity contribution is 0.396. The third kappa shape index (κ3) is 4.58. The predicted molar refractivity (Wildman–Crippen MR) is 94.7 cm³/mol. The highest BCUT2D eigenvalue weighted by atomic mass is 79.9. The maximum absolute atomic E-state index is 6.05. The number of benzene rings is 1. The van der Waals surface area contributed by atoms with E-state index in [1.54, 1.807) is 5.57 Å². The first-order valence-electron chi connectivity index (χ1n) is 8.11. The van der Waals surface area contributed by atoms with Gasteiger partial charge in [-0.1, -0.05) is 64.5 Å². The lowest BCUT2D eigenvalue weighted by atomic mass is 9.83. The predicted octanol–water partition coefficient (Wildman–Crippen LogP) is 5.82. The first-order valence-corrected chi connectivity index (χ1v) is 9.28. The number of hydrogen-bond donors (Lipinski definition) is 1. The van der Waals surface area contributed by atoms with Gasteiger partial charge in [0.15, 0.2) is 0 Å². The van der Waals surface area contributed by atoms with Crippen LogP contribution in [0.25, 0.3) is 6.08 Å². The minimum absolute atomic E-state index is 0.757. The molecule has 0 aromatic heterocycles. The van der Waals surface area contributed by atoms with Crippen LogP contribution < -0.4 is 5.32 Å². The summed E-state index contributed by atoms with van der Waals surface area (Å²) in [5.41, 5.74) is 2.82. The summed E-state index contributed by atoms with van der Waals surface area (Å²) in [4.78, 5) is 0. The quantitative estimate of drug-likeness (QED) is 0.690. The normalized spacial score (nSPS) is 20.8. The maximum Gasteiger partial charge on any atom is 0.0417 e. The van der Waals surface area contributed by atoms with Gasteiger partial charge in [0.1, 0.15) is 0 Å². The summed E-state index contributed by atoms with van der Waals surface area (Å²) in [6, 6.07) is 6.85. The Balaban J connectivity index is 1.79. The summed E-state index contributed by atoms with van der Waals surface area (Å²) in [6.45, 7) is 1.05. The largest absolute Gasteiger partial charge is 0.310 e. The molecule has 0 unspecified atom stereocenters. The smallest absolute Gasteiger partial charge is 0.0417 e. The van der Waals surface area contributed by atoms with Crippen molar-refractivity contribution in [3.8, 4) is 0 Å². The van der Waals surface area contributed by atoms with Crippen molar-refractivity contribution in [3.05, 3.63) is 38.8 Å². The second kappa shape index (κ2) is 7.30. The van der Waals surface area contributed by atoms with Crippen LogP contribution in [-0.2, 0) is 0 Å². The Bertz CT molecular complexity index is 516. The fraction of sp³-hybridized carbons (Fsp3) is 0.556. The van der Waals surface area contributed by atoms with Gasteiger partial charge >= 0.3 is 0 Å². The van der Waals surface area contributed by atoms with Gasteiger partial charge in [-0.2, -0.15) is 0 Å². The standard InChI is InChI=1S/C18H23BrClN/c19-18-11-16(20)7-6-14(18)10-15(12-21-17-8-9-17)13-4-2-1-3-5-13/h6-7,10-11,13,17,21H,1-5,8-9,12H2/b15-10-. The molecule has 2 aliphatic rings. The van der Waals surface area contributed by atoms with E-state index in [0.29, 0.717) is 0 Å². The second-order valence-electron chi connectivity index (χ2n) is 6.38. The average Bonchev–Trinajstić information content (AvgIpc) is 3.31. The molecule has 0 aliphatic heterocycles. The van der Waals surface area contributed by atoms with Crippen LogP contribution in [0.2, 0.25) is 5.02 Å². The van der Waals surface area contributed by atoms with Crippen molar-refractivity contribution < 1.29 is 0 Å². The molecule has 1 nitrogen and oxygen atoms in total. The summed E-state index contributed by atoms with van der Waals surface area (Å²) in [5.74, 6) is 0.757. The molecule has 2 saturated carbocycles.